The molecule has 0 N–H and O–H groups in total. The number of thioether (sulfide) groups is 1. The average Bonchev–Trinajstić information content (AvgIpc) is 2.41. The molecule has 0 radical (unpaired) electrons. The van der Waals surface area contributed by atoms with Gasteiger partial charge in [0.1, 0.15) is 5.75 Å². The van der Waals surface area contributed by atoms with Crippen LogP contribution in [0.25, 0.3) is 0 Å². The van der Waals surface area contributed by atoms with Gasteiger partial charge in [-0.15, -0.1) is 0 Å². The Hall–Kier alpha value is -2.00. The van der Waals surface area contributed by atoms with Crippen LogP contribution < -0.4 is 4.74 Å². The summed E-state index contributed by atoms with van der Waals surface area (Å²) in [5.41, 5.74) is 0. The summed E-state index contributed by atoms with van der Waals surface area (Å²) in [6.07, 6.45) is 1.42. The molecule has 0 aliphatic carbocycles. The van der Waals surface area contributed by atoms with E-state index in [4.69, 9.17) is 4.74 Å². The van der Waals surface area contributed by atoms with Gasteiger partial charge >= 0.3 is 5.97 Å². The second kappa shape index (κ2) is 6.67. The predicted octanol–water partition coefficient (Wildman–Crippen LogP) is 3.90. The van der Waals surface area contributed by atoms with Crippen LogP contribution >= 0.6 is 11.8 Å². The van der Waals surface area contributed by atoms with Gasteiger partial charge in [0.2, 0.25) is 0 Å². The van der Waals surface area contributed by atoms with E-state index in [1.807, 2.05) is 48.5 Å². The summed E-state index contributed by atoms with van der Waals surface area (Å²) in [7, 11) is 0. The van der Waals surface area contributed by atoms with Gasteiger partial charge in [-0.05, 0) is 29.7 Å². The van der Waals surface area contributed by atoms with Crippen LogP contribution in [0.3, 0.4) is 0 Å². The van der Waals surface area contributed by atoms with E-state index >= 15 is 0 Å². The molecule has 0 aliphatic heterocycles. The van der Waals surface area contributed by atoms with Crippen molar-refractivity contribution in [3.05, 3.63) is 72.1 Å². The van der Waals surface area contributed by atoms with Gasteiger partial charge < -0.3 is 4.74 Å². The molecular formula is C15H12O2S. The Bertz CT molecular complexity index is 521. The van der Waals surface area contributed by atoms with Gasteiger partial charge in [-0.3, -0.25) is 0 Å². The molecule has 0 amide bonds. The van der Waals surface area contributed by atoms with Gasteiger partial charge in [-0.2, -0.15) is 0 Å². The first-order valence-corrected chi connectivity index (χ1v) is 6.38. The third-order valence-corrected chi connectivity index (χ3v) is 2.93. The minimum absolute atomic E-state index is 0.371. The summed E-state index contributed by atoms with van der Waals surface area (Å²) in [6.45, 7) is 0. The second-order valence-corrected chi connectivity index (χ2v) is 4.45. The molecule has 0 bridgehead atoms. The molecule has 0 unspecified atom stereocenters. The molecular weight excluding hydrogens is 244 g/mol. The summed E-state index contributed by atoms with van der Waals surface area (Å²) < 4.78 is 5.11. The van der Waals surface area contributed by atoms with Crippen molar-refractivity contribution in [2.24, 2.45) is 0 Å². The Balaban J connectivity index is 1.85. The Morgan fingerprint density at radius 2 is 1.56 bits per heavy atom. The van der Waals surface area contributed by atoms with Crippen LogP contribution in [0.15, 0.2) is 77.0 Å². The third-order valence-electron chi connectivity index (χ3n) is 2.11. The lowest BCUT2D eigenvalue weighted by Gasteiger charge is -1.99. The van der Waals surface area contributed by atoms with E-state index in [1.165, 1.54) is 17.8 Å². The Labute approximate surface area is 110 Å². The quantitative estimate of drug-likeness (QED) is 0.359. The largest absolute Gasteiger partial charge is 0.423 e. The molecule has 18 heavy (non-hydrogen) atoms. The maximum absolute atomic E-state index is 11.5. The van der Waals surface area contributed by atoms with E-state index in [0.29, 0.717) is 5.75 Å². The Kier molecular flexibility index (Phi) is 4.61. The first kappa shape index (κ1) is 12.5. The van der Waals surface area contributed by atoms with Gasteiger partial charge in [0.15, 0.2) is 0 Å². The van der Waals surface area contributed by atoms with E-state index in [0.717, 1.165) is 4.90 Å². The molecule has 3 heteroatoms. The minimum Gasteiger partial charge on any atom is -0.423 e. The highest BCUT2D eigenvalue weighted by Gasteiger charge is 1.98. The van der Waals surface area contributed by atoms with Crippen molar-refractivity contribution in [1.29, 1.82) is 0 Å². The molecule has 0 spiro atoms. The molecule has 90 valence electrons. The van der Waals surface area contributed by atoms with Crippen molar-refractivity contribution in [3.8, 4) is 5.75 Å². The maximum Gasteiger partial charge on any atom is 0.336 e. The maximum atomic E-state index is 11.5. The first-order valence-electron chi connectivity index (χ1n) is 5.50. The van der Waals surface area contributed by atoms with Crippen molar-refractivity contribution >= 4 is 17.7 Å². The molecule has 0 fully saturated rings. The zero-order chi connectivity index (χ0) is 12.6. The van der Waals surface area contributed by atoms with Gasteiger partial charge in [0.05, 0.1) is 0 Å². The molecule has 0 aliphatic rings. The number of ether oxygens (including phenoxy) is 1. The van der Waals surface area contributed by atoms with Crippen molar-refractivity contribution in [3.63, 3.8) is 0 Å². The lowest BCUT2D eigenvalue weighted by molar-refractivity contribution is -0.128. The highest BCUT2D eigenvalue weighted by atomic mass is 32.2. The molecule has 0 aromatic heterocycles. The highest BCUT2D eigenvalue weighted by molar-refractivity contribution is 8.02. The van der Waals surface area contributed by atoms with E-state index in [-0.39, 0.29) is 5.97 Å². The Morgan fingerprint density at radius 1 is 0.944 bits per heavy atom. The van der Waals surface area contributed by atoms with Crippen molar-refractivity contribution in [2.75, 3.05) is 0 Å². The van der Waals surface area contributed by atoms with Gasteiger partial charge in [-0.1, -0.05) is 48.2 Å². The summed E-state index contributed by atoms with van der Waals surface area (Å²) in [4.78, 5) is 12.6. The fraction of sp³-hybridized carbons (Fsp3) is 0. The van der Waals surface area contributed by atoms with Crippen LogP contribution in [0, 0.1) is 0 Å². The number of hydrogen-bond acceptors (Lipinski definition) is 3. The van der Waals surface area contributed by atoms with E-state index in [2.05, 4.69) is 0 Å². The topological polar surface area (TPSA) is 26.3 Å². The van der Waals surface area contributed by atoms with E-state index < -0.39 is 0 Å². The molecule has 0 saturated heterocycles. The number of carbonyl (C=O) groups is 1. The van der Waals surface area contributed by atoms with Crippen LogP contribution in [-0.2, 0) is 4.79 Å². The summed E-state index contributed by atoms with van der Waals surface area (Å²) in [6, 6.07) is 18.9. The van der Waals surface area contributed by atoms with E-state index in [9.17, 15) is 4.79 Å². The standard InChI is InChI=1S/C15H12O2S/c16-15(17-13-7-3-1-4-8-13)11-12-18-14-9-5-2-6-10-14/h1-12H/b12-11-. The van der Waals surface area contributed by atoms with Crippen LogP contribution in [0.4, 0.5) is 0 Å². The third kappa shape index (κ3) is 4.11. The lowest BCUT2D eigenvalue weighted by atomic mass is 10.3. The van der Waals surface area contributed by atoms with Crippen LogP contribution in [0.2, 0.25) is 0 Å². The van der Waals surface area contributed by atoms with Crippen LogP contribution in [0.5, 0.6) is 5.75 Å². The van der Waals surface area contributed by atoms with Crippen molar-refractivity contribution < 1.29 is 9.53 Å². The molecule has 2 aromatic rings. The predicted molar refractivity (Wildman–Crippen MR) is 73.5 cm³/mol. The first-order chi connectivity index (χ1) is 8.84. The fourth-order valence-corrected chi connectivity index (χ4v) is 1.96. The number of para-hydroxylation sites is 1. The summed E-state index contributed by atoms with van der Waals surface area (Å²) in [5.74, 6) is 0.182. The summed E-state index contributed by atoms with van der Waals surface area (Å²) >= 11 is 1.48. The molecule has 2 nitrogen and oxygen atoms in total. The van der Waals surface area contributed by atoms with Crippen LogP contribution in [0.1, 0.15) is 0 Å². The number of hydrogen-bond donors (Lipinski definition) is 0. The van der Waals surface area contributed by atoms with Gasteiger partial charge in [0.25, 0.3) is 0 Å². The van der Waals surface area contributed by atoms with Gasteiger partial charge in [0, 0.05) is 11.0 Å². The molecule has 0 saturated carbocycles. The highest BCUT2D eigenvalue weighted by Crippen LogP contribution is 2.18. The van der Waals surface area contributed by atoms with Crippen molar-refractivity contribution in [1.82, 2.24) is 0 Å². The molecule has 2 rings (SSSR count). The number of esters is 1. The second-order valence-electron chi connectivity index (χ2n) is 3.47. The van der Waals surface area contributed by atoms with Crippen molar-refractivity contribution in [2.45, 2.75) is 4.90 Å². The van der Waals surface area contributed by atoms with E-state index in [1.54, 1.807) is 17.5 Å². The normalized spacial score (nSPS) is 10.4. The molecule has 0 atom stereocenters. The Morgan fingerprint density at radius 3 is 2.22 bits per heavy atom. The number of rotatable bonds is 4. The molecule has 2 aromatic carbocycles. The lowest BCUT2D eigenvalue weighted by Crippen LogP contribution is -2.02. The average molecular weight is 256 g/mol. The smallest absolute Gasteiger partial charge is 0.336 e. The summed E-state index contributed by atoms with van der Waals surface area (Å²) in [5, 5.41) is 1.72. The zero-order valence-electron chi connectivity index (χ0n) is 9.65. The minimum atomic E-state index is -0.371. The molecule has 0 heterocycles. The monoisotopic (exact) mass is 256 g/mol. The number of carbonyl (C=O) groups excluding carboxylic acids is 1. The SMILES string of the molecule is O=C(/C=C\Sc1ccccc1)Oc1ccccc1. The fourth-order valence-electron chi connectivity index (χ4n) is 1.31. The van der Waals surface area contributed by atoms with Gasteiger partial charge in [-0.25, -0.2) is 4.79 Å². The number of benzene rings is 2. The zero-order valence-corrected chi connectivity index (χ0v) is 10.5. The van der Waals surface area contributed by atoms with Crippen LogP contribution in [-0.4, -0.2) is 5.97 Å².